The third kappa shape index (κ3) is 3.11. The Bertz CT molecular complexity index is 1250. The van der Waals surface area contributed by atoms with Crippen molar-refractivity contribution in [2.24, 2.45) is 0 Å². The van der Waals surface area contributed by atoms with Crippen molar-refractivity contribution in [1.29, 1.82) is 0 Å². The summed E-state index contributed by atoms with van der Waals surface area (Å²) in [4.78, 5) is 22.0. The zero-order valence-corrected chi connectivity index (χ0v) is 18.4. The van der Waals surface area contributed by atoms with Gasteiger partial charge in [-0.1, -0.05) is 12.1 Å². The molecule has 0 aliphatic carbocycles. The summed E-state index contributed by atoms with van der Waals surface area (Å²) in [5, 5.41) is 2.93. The van der Waals surface area contributed by atoms with Crippen molar-refractivity contribution < 1.29 is 13.9 Å². The molecule has 3 heterocycles. The number of nitrogens with zero attached hydrogens (tertiary/aromatic N) is 1. The van der Waals surface area contributed by atoms with Crippen LogP contribution in [-0.4, -0.2) is 29.5 Å². The Balaban J connectivity index is 1.82. The largest absolute Gasteiger partial charge is 0.496 e. The van der Waals surface area contributed by atoms with Gasteiger partial charge >= 0.3 is 0 Å². The molecule has 0 spiro atoms. The van der Waals surface area contributed by atoms with Crippen molar-refractivity contribution in [3.63, 3.8) is 0 Å². The quantitative estimate of drug-likeness (QED) is 0.427. The second kappa shape index (κ2) is 7.52. The molecule has 0 saturated carbocycles. The predicted molar refractivity (Wildman–Crippen MR) is 118 cm³/mol. The number of nitrogens with one attached hydrogen (secondary N) is 2. The monoisotopic (exact) mass is 485 g/mol. The van der Waals surface area contributed by atoms with Crippen LogP contribution in [-0.2, 0) is 6.42 Å². The van der Waals surface area contributed by atoms with Crippen LogP contribution in [0.4, 0.5) is 4.39 Å². The first-order chi connectivity index (χ1) is 14.6. The van der Waals surface area contributed by atoms with Gasteiger partial charge in [0.15, 0.2) is 0 Å². The highest BCUT2D eigenvalue weighted by Gasteiger charge is 2.35. The van der Waals surface area contributed by atoms with Crippen molar-refractivity contribution in [2.45, 2.75) is 12.3 Å². The number of para-hydroxylation sites is 2. The summed E-state index contributed by atoms with van der Waals surface area (Å²) in [5.74, 6) is 0.146. The summed E-state index contributed by atoms with van der Waals surface area (Å²) in [6.07, 6.45) is 0.761. The molecule has 1 aliphatic rings. The first-order valence-corrected chi connectivity index (χ1v) is 11.0. The minimum Gasteiger partial charge on any atom is -0.496 e. The van der Waals surface area contributed by atoms with Gasteiger partial charge in [-0.15, -0.1) is 11.3 Å². The zero-order valence-electron chi connectivity index (χ0n) is 16.0. The third-order valence-corrected chi connectivity index (χ3v) is 7.28. The van der Waals surface area contributed by atoms with Gasteiger partial charge in [0.25, 0.3) is 5.91 Å². The Kier molecular flexibility index (Phi) is 4.83. The lowest BCUT2D eigenvalue weighted by molar-refractivity contribution is 0.0946. The molecule has 30 heavy (non-hydrogen) atoms. The fourth-order valence-corrected chi connectivity index (χ4v) is 6.07. The minimum absolute atomic E-state index is 0.121. The lowest BCUT2D eigenvalue weighted by Gasteiger charge is -2.21. The van der Waals surface area contributed by atoms with E-state index in [1.165, 1.54) is 12.1 Å². The maximum absolute atomic E-state index is 14.3. The molecule has 2 aromatic heterocycles. The van der Waals surface area contributed by atoms with Crippen LogP contribution in [0, 0.1) is 5.82 Å². The van der Waals surface area contributed by atoms with Crippen LogP contribution in [0.5, 0.6) is 5.75 Å². The van der Waals surface area contributed by atoms with Crippen LogP contribution in [0.3, 0.4) is 0 Å². The van der Waals surface area contributed by atoms with E-state index in [-0.39, 0.29) is 11.7 Å². The number of benzene rings is 2. The number of hydrogen-bond acceptors (Lipinski definition) is 4. The average molecular weight is 486 g/mol. The van der Waals surface area contributed by atoms with Gasteiger partial charge in [-0.3, -0.25) is 4.79 Å². The molecule has 8 heteroatoms. The van der Waals surface area contributed by atoms with Crippen molar-refractivity contribution in [3.05, 3.63) is 79.5 Å². The fraction of sp³-hybridized carbons (Fsp3) is 0.182. The van der Waals surface area contributed by atoms with E-state index in [9.17, 15) is 9.18 Å². The Morgan fingerprint density at radius 1 is 1.27 bits per heavy atom. The van der Waals surface area contributed by atoms with E-state index >= 15 is 0 Å². The van der Waals surface area contributed by atoms with Gasteiger partial charge in [-0.2, -0.15) is 0 Å². The highest BCUT2D eigenvalue weighted by Crippen LogP contribution is 2.46. The number of carbonyl (C=O) groups is 1. The molecule has 4 aromatic rings. The van der Waals surface area contributed by atoms with E-state index < -0.39 is 5.92 Å². The second-order valence-corrected chi connectivity index (χ2v) is 9.48. The maximum Gasteiger partial charge on any atom is 0.252 e. The summed E-state index contributed by atoms with van der Waals surface area (Å²) in [6, 6.07) is 12.1. The molecule has 152 valence electrons. The molecule has 1 atom stereocenters. The maximum atomic E-state index is 14.3. The van der Waals surface area contributed by atoms with Crippen LogP contribution in [0.2, 0.25) is 0 Å². The molecule has 0 radical (unpaired) electrons. The van der Waals surface area contributed by atoms with Crippen LogP contribution >= 0.6 is 27.3 Å². The Hall–Kier alpha value is -2.71. The predicted octanol–water partition coefficient (Wildman–Crippen LogP) is 5.00. The van der Waals surface area contributed by atoms with E-state index in [1.807, 2.05) is 24.3 Å². The van der Waals surface area contributed by atoms with Gasteiger partial charge in [0.1, 0.15) is 17.4 Å². The summed E-state index contributed by atoms with van der Waals surface area (Å²) >= 11 is 5.21. The first-order valence-electron chi connectivity index (χ1n) is 9.44. The van der Waals surface area contributed by atoms with Crippen LogP contribution < -0.4 is 10.1 Å². The number of rotatable bonds is 4. The number of halogens is 2. The number of ether oxygens (including phenoxy) is 1. The summed E-state index contributed by atoms with van der Waals surface area (Å²) in [5.41, 5.74) is 3.69. The zero-order chi connectivity index (χ0) is 20.8. The average Bonchev–Trinajstić information content (AvgIpc) is 3.30. The smallest absolute Gasteiger partial charge is 0.252 e. The van der Waals surface area contributed by atoms with E-state index in [2.05, 4.69) is 26.2 Å². The van der Waals surface area contributed by atoms with Gasteiger partial charge in [0, 0.05) is 29.0 Å². The van der Waals surface area contributed by atoms with Crippen molar-refractivity contribution in [3.8, 4) is 5.75 Å². The van der Waals surface area contributed by atoms with Crippen molar-refractivity contribution in [2.75, 3.05) is 13.7 Å². The number of H-pyrrole nitrogens is 1. The number of amides is 1. The Morgan fingerprint density at radius 2 is 2.10 bits per heavy atom. The molecule has 5 nitrogen and oxygen atoms in total. The summed E-state index contributed by atoms with van der Waals surface area (Å²) in [6.45, 7) is 0.608. The van der Waals surface area contributed by atoms with Gasteiger partial charge in [0.2, 0.25) is 0 Å². The van der Waals surface area contributed by atoms with Crippen molar-refractivity contribution in [1.82, 2.24) is 15.3 Å². The lowest BCUT2D eigenvalue weighted by Crippen LogP contribution is -2.32. The van der Waals surface area contributed by atoms with Gasteiger partial charge < -0.3 is 15.0 Å². The SMILES string of the molecule is COc1ccc(F)cc1C(c1nc2ccccc2[nH]1)c1c(Br)sc2c1C(=O)NCC2. The minimum atomic E-state index is -0.513. The highest BCUT2D eigenvalue weighted by molar-refractivity contribution is 9.11. The molecule has 0 bridgehead atoms. The molecule has 1 amide bonds. The Morgan fingerprint density at radius 3 is 2.90 bits per heavy atom. The van der Waals surface area contributed by atoms with Crippen LogP contribution in [0.25, 0.3) is 11.0 Å². The van der Waals surface area contributed by atoms with Crippen LogP contribution in [0.1, 0.15) is 38.1 Å². The number of imidazole rings is 1. The second-order valence-electron chi connectivity index (χ2n) is 7.05. The molecule has 0 saturated heterocycles. The standard InChI is InChI=1S/C22H17BrFN3O2S/c1-29-15-7-6-11(24)10-12(15)17(21-26-13-4-2-3-5-14(13)27-21)19-18-16(30-20(19)23)8-9-25-22(18)28/h2-7,10,17H,8-9H2,1H3,(H,25,28)(H,26,27). The lowest BCUT2D eigenvalue weighted by atomic mass is 9.87. The number of aromatic amines is 1. The van der Waals surface area contributed by atoms with E-state index in [4.69, 9.17) is 9.72 Å². The van der Waals surface area contributed by atoms with E-state index in [0.717, 1.165) is 31.7 Å². The molecule has 1 aliphatic heterocycles. The third-order valence-electron chi connectivity index (χ3n) is 5.31. The van der Waals surface area contributed by atoms with Gasteiger partial charge in [-0.25, -0.2) is 9.37 Å². The molecule has 2 N–H and O–H groups in total. The number of fused-ring (bicyclic) bond motifs is 2. The van der Waals surface area contributed by atoms with Gasteiger partial charge in [-0.05, 0) is 46.3 Å². The number of hydrogen-bond donors (Lipinski definition) is 2. The van der Waals surface area contributed by atoms with Crippen molar-refractivity contribution >= 4 is 44.2 Å². The molecule has 5 rings (SSSR count). The molecular weight excluding hydrogens is 469 g/mol. The van der Waals surface area contributed by atoms with Gasteiger partial charge in [0.05, 0.1) is 33.4 Å². The molecular formula is C22H17BrFN3O2S. The van der Waals surface area contributed by atoms with Crippen LogP contribution in [0.15, 0.2) is 46.3 Å². The van der Waals surface area contributed by atoms with E-state index in [1.54, 1.807) is 24.5 Å². The number of thiophene rings is 1. The molecule has 1 unspecified atom stereocenters. The number of carbonyl (C=O) groups excluding carboxylic acids is 1. The topological polar surface area (TPSA) is 67.0 Å². The fourth-order valence-electron chi connectivity index (χ4n) is 4.00. The number of methoxy groups -OCH3 is 1. The summed E-state index contributed by atoms with van der Waals surface area (Å²) < 4.78 is 20.7. The summed E-state index contributed by atoms with van der Waals surface area (Å²) in [7, 11) is 1.55. The number of aromatic nitrogens is 2. The molecule has 0 fully saturated rings. The molecule has 2 aromatic carbocycles. The normalized spacial score (nSPS) is 14.4. The van der Waals surface area contributed by atoms with E-state index in [0.29, 0.717) is 29.2 Å². The first kappa shape index (κ1) is 19.3. The Labute approximate surface area is 184 Å². The highest BCUT2D eigenvalue weighted by atomic mass is 79.9.